The average molecular weight is 492 g/mol. The SMILES string of the molecule is O=C(O)[C@H]1CC(F)(F)CN1C(=O)COc1ccccc1OCC(=O)N1CC(F)(F)C[C@@H]1C(=O)O. The summed E-state index contributed by atoms with van der Waals surface area (Å²) in [5, 5.41) is 18.2. The van der Waals surface area contributed by atoms with Crippen LogP contribution < -0.4 is 9.47 Å². The first-order valence-corrected chi connectivity index (χ1v) is 9.94. The van der Waals surface area contributed by atoms with Gasteiger partial charge in [0.15, 0.2) is 24.7 Å². The molecule has 0 aliphatic carbocycles. The fourth-order valence-corrected chi connectivity index (χ4v) is 3.73. The van der Waals surface area contributed by atoms with E-state index < -0.39 is 86.8 Å². The van der Waals surface area contributed by atoms with Gasteiger partial charge in [-0.05, 0) is 12.1 Å². The van der Waals surface area contributed by atoms with E-state index in [0.29, 0.717) is 9.80 Å². The van der Waals surface area contributed by atoms with Crippen molar-refractivity contribution in [2.24, 2.45) is 0 Å². The number of para-hydroxylation sites is 2. The van der Waals surface area contributed by atoms with Gasteiger partial charge in [-0.3, -0.25) is 9.59 Å². The molecule has 0 aromatic heterocycles. The molecule has 2 N–H and O–H groups in total. The zero-order chi connectivity index (χ0) is 25.3. The van der Waals surface area contributed by atoms with Crippen LogP contribution >= 0.6 is 0 Å². The number of carbonyl (C=O) groups excluding carboxylic acids is 2. The Kier molecular flexibility index (Phi) is 6.89. The summed E-state index contributed by atoms with van der Waals surface area (Å²) < 4.78 is 64.9. The van der Waals surface area contributed by atoms with E-state index >= 15 is 0 Å². The highest BCUT2D eigenvalue weighted by Crippen LogP contribution is 2.34. The number of carbonyl (C=O) groups is 4. The Hall–Kier alpha value is -3.58. The van der Waals surface area contributed by atoms with Gasteiger partial charge in [-0.25, -0.2) is 27.2 Å². The maximum Gasteiger partial charge on any atom is 0.326 e. The molecule has 0 bridgehead atoms. The van der Waals surface area contributed by atoms with E-state index in [4.69, 9.17) is 19.7 Å². The van der Waals surface area contributed by atoms with E-state index in [-0.39, 0.29) is 11.5 Å². The van der Waals surface area contributed by atoms with E-state index in [1.807, 2.05) is 0 Å². The van der Waals surface area contributed by atoms with Crippen LogP contribution in [-0.4, -0.2) is 94.0 Å². The van der Waals surface area contributed by atoms with Crippen molar-refractivity contribution in [2.75, 3.05) is 26.3 Å². The first kappa shape index (κ1) is 25.1. The Labute approximate surface area is 189 Å². The topological polar surface area (TPSA) is 134 Å². The zero-order valence-electron chi connectivity index (χ0n) is 17.5. The molecule has 1 aromatic rings. The number of benzene rings is 1. The molecule has 0 saturated carbocycles. The van der Waals surface area contributed by atoms with Crippen LogP contribution in [0.2, 0.25) is 0 Å². The molecular weight excluding hydrogens is 472 g/mol. The Morgan fingerprint density at radius 1 is 0.794 bits per heavy atom. The third-order valence-corrected chi connectivity index (χ3v) is 5.30. The van der Waals surface area contributed by atoms with Crippen molar-refractivity contribution in [3.05, 3.63) is 24.3 Å². The van der Waals surface area contributed by atoms with E-state index in [2.05, 4.69) is 0 Å². The lowest BCUT2D eigenvalue weighted by atomic mass is 10.2. The monoisotopic (exact) mass is 492 g/mol. The standard InChI is InChI=1S/C20H20F4N2O8/c21-19(22)5-11(17(29)30)25(9-19)15(27)7-33-13-3-1-2-4-14(13)34-8-16(28)26-10-20(23,24)6-12(26)18(31)32/h1-4,11-12H,5-10H2,(H,29,30)(H,31,32)/t11-,12-/m1/s1. The molecular formula is C20H20F4N2O8. The minimum atomic E-state index is -3.36. The molecule has 2 amide bonds. The summed E-state index contributed by atoms with van der Waals surface area (Å²) >= 11 is 0. The quantitative estimate of drug-likeness (QED) is 0.516. The Balaban J connectivity index is 1.62. The van der Waals surface area contributed by atoms with Crippen molar-refractivity contribution in [1.82, 2.24) is 9.80 Å². The fourth-order valence-electron chi connectivity index (χ4n) is 3.73. The third-order valence-electron chi connectivity index (χ3n) is 5.30. The van der Waals surface area contributed by atoms with Crippen molar-refractivity contribution in [3.8, 4) is 11.5 Å². The minimum absolute atomic E-state index is 0.108. The lowest BCUT2D eigenvalue weighted by molar-refractivity contribution is -0.149. The maximum atomic E-state index is 13.6. The van der Waals surface area contributed by atoms with E-state index in [1.165, 1.54) is 24.3 Å². The fraction of sp³-hybridized carbons (Fsp3) is 0.500. The largest absolute Gasteiger partial charge is 0.480 e. The van der Waals surface area contributed by atoms with Crippen LogP contribution in [-0.2, 0) is 19.2 Å². The van der Waals surface area contributed by atoms with Gasteiger partial charge in [0.05, 0.1) is 13.1 Å². The van der Waals surface area contributed by atoms with Crippen LogP contribution in [0.5, 0.6) is 11.5 Å². The van der Waals surface area contributed by atoms with Crippen molar-refractivity contribution >= 4 is 23.8 Å². The second kappa shape index (κ2) is 9.35. The molecule has 0 spiro atoms. The molecule has 14 heteroatoms. The highest BCUT2D eigenvalue weighted by molar-refractivity contribution is 5.86. The summed E-state index contributed by atoms with van der Waals surface area (Å²) in [6.45, 7) is -3.78. The van der Waals surface area contributed by atoms with Crippen molar-refractivity contribution in [2.45, 2.75) is 36.8 Å². The zero-order valence-corrected chi connectivity index (χ0v) is 17.5. The molecule has 10 nitrogen and oxygen atoms in total. The first-order chi connectivity index (χ1) is 15.8. The number of hydrogen-bond donors (Lipinski definition) is 2. The number of halogens is 4. The van der Waals surface area contributed by atoms with Crippen LogP contribution in [0.4, 0.5) is 17.6 Å². The molecule has 2 aliphatic heterocycles. The van der Waals surface area contributed by atoms with Crippen LogP contribution in [0.3, 0.4) is 0 Å². The molecule has 1 aromatic carbocycles. The Morgan fingerprint density at radius 2 is 1.15 bits per heavy atom. The smallest absolute Gasteiger partial charge is 0.326 e. The lowest BCUT2D eigenvalue weighted by Crippen LogP contribution is -2.43. The van der Waals surface area contributed by atoms with Gasteiger partial charge in [0.25, 0.3) is 23.7 Å². The van der Waals surface area contributed by atoms with Gasteiger partial charge in [-0.15, -0.1) is 0 Å². The van der Waals surface area contributed by atoms with Crippen LogP contribution in [0.15, 0.2) is 24.3 Å². The molecule has 2 fully saturated rings. The van der Waals surface area contributed by atoms with Crippen LogP contribution in [0.1, 0.15) is 12.8 Å². The highest BCUT2D eigenvalue weighted by atomic mass is 19.3. The van der Waals surface area contributed by atoms with Gasteiger partial charge in [-0.1, -0.05) is 12.1 Å². The minimum Gasteiger partial charge on any atom is -0.480 e. The normalized spacial score (nSPS) is 22.9. The molecule has 0 radical (unpaired) electrons. The molecule has 3 rings (SSSR count). The van der Waals surface area contributed by atoms with Gasteiger partial charge < -0.3 is 29.5 Å². The summed E-state index contributed by atoms with van der Waals surface area (Å²) in [5.74, 6) is -12.1. The number of likely N-dealkylation sites (tertiary alicyclic amines) is 2. The predicted molar refractivity (Wildman–Crippen MR) is 103 cm³/mol. The first-order valence-electron chi connectivity index (χ1n) is 9.94. The highest BCUT2D eigenvalue weighted by Gasteiger charge is 2.51. The summed E-state index contributed by atoms with van der Waals surface area (Å²) in [6, 6.07) is 2.11. The number of ether oxygens (including phenoxy) is 2. The lowest BCUT2D eigenvalue weighted by Gasteiger charge is -2.22. The van der Waals surface area contributed by atoms with Gasteiger partial charge in [0.1, 0.15) is 12.1 Å². The van der Waals surface area contributed by atoms with E-state index in [1.54, 1.807) is 0 Å². The van der Waals surface area contributed by atoms with Crippen LogP contribution in [0.25, 0.3) is 0 Å². The van der Waals surface area contributed by atoms with Crippen molar-refractivity contribution < 1.29 is 56.4 Å². The number of aliphatic carboxylic acids is 2. The number of alkyl halides is 4. The molecule has 0 unspecified atom stereocenters. The number of nitrogens with zero attached hydrogens (tertiary/aromatic N) is 2. The Morgan fingerprint density at radius 3 is 1.47 bits per heavy atom. The summed E-state index contributed by atoms with van der Waals surface area (Å²) in [4.78, 5) is 48.0. The number of rotatable bonds is 8. The summed E-state index contributed by atoms with van der Waals surface area (Å²) in [5.41, 5.74) is 0. The van der Waals surface area contributed by atoms with Crippen molar-refractivity contribution in [3.63, 3.8) is 0 Å². The van der Waals surface area contributed by atoms with Gasteiger partial charge in [-0.2, -0.15) is 0 Å². The van der Waals surface area contributed by atoms with Gasteiger partial charge in [0, 0.05) is 12.8 Å². The maximum absolute atomic E-state index is 13.6. The number of amides is 2. The van der Waals surface area contributed by atoms with Gasteiger partial charge in [0.2, 0.25) is 0 Å². The van der Waals surface area contributed by atoms with Gasteiger partial charge >= 0.3 is 11.9 Å². The van der Waals surface area contributed by atoms with Crippen LogP contribution in [0, 0.1) is 0 Å². The third kappa shape index (κ3) is 5.66. The Bertz CT molecular complexity index is 912. The van der Waals surface area contributed by atoms with E-state index in [9.17, 15) is 36.7 Å². The summed E-state index contributed by atoms with van der Waals surface area (Å²) in [6.07, 6.45) is -2.05. The molecule has 2 heterocycles. The number of hydrogen-bond acceptors (Lipinski definition) is 6. The van der Waals surface area contributed by atoms with E-state index in [0.717, 1.165) is 0 Å². The van der Waals surface area contributed by atoms with Crippen molar-refractivity contribution in [1.29, 1.82) is 0 Å². The number of carboxylic acid groups (broad SMARTS) is 2. The molecule has 2 atom stereocenters. The number of carboxylic acids is 2. The summed E-state index contributed by atoms with van der Waals surface area (Å²) in [7, 11) is 0. The predicted octanol–water partition coefficient (Wildman–Crippen LogP) is 1.09. The molecule has 34 heavy (non-hydrogen) atoms. The second-order valence-corrected chi connectivity index (χ2v) is 7.90. The molecule has 2 saturated heterocycles. The second-order valence-electron chi connectivity index (χ2n) is 7.90. The molecule has 2 aliphatic rings. The average Bonchev–Trinajstić information content (AvgIpc) is 3.26. The molecule has 186 valence electrons.